The molecule has 102 valence electrons. The lowest BCUT2D eigenvalue weighted by molar-refractivity contribution is 0.682. The Labute approximate surface area is 114 Å². The lowest BCUT2D eigenvalue weighted by atomic mass is 10.2. The van der Waals surface area contributed by atoms with Crippen molar-refractivity contribution < 1.29 is 0 Å². The van der Waals surface area contributed by atoms with Gasteiger partial charge in [0.05, 0.1) is 0 Å². The summed E-state index contributed by atoms with van der Waals surface area (Å²) in [6, 6.07) is 1.94. The van der Waals surface area contributed by atoms with Gasteiger partial charge in [-0.3, -0.25) is 0 Å². The van der Waals surface area contributed by atoms with Crippen LogP contribution in [0.25, 0.3) is 11.5 Å². The second-order valence-corrected chi connectivity index (χ2v) is 4.85. The van der Waals surface area contributed by atoms with Crippen molar-refractivity contribution in [2.75, 3.05) is 12.4 Å². The monoisotopic (exact) mass is 259 g/mol. The highest BCUT2D eigenvalue weighted by Crippen LogP contribution is 2.21. The van der Waals surface area contributed by atoms with Crippen LogP contribution in [0.5, 0.6) is 0 Å². The second kappa shape index (κ2) is 5.82. The predicted octanol–water partition coefficient (Wildman–Crippen LogP) is 2.92. The smallest absolute Gasteiger partial charge is 0.158 e. The van der Waals surface area contributed by atoms with E-state index in [1.54, 1.807) is 0 Å². The van der Waals surface area contributed by atoms with Crippen LogP contribution in [0.15, 0.2) is 18.5 Å². The predicted molar refractivity (Wildman–Crippen MR) is 77.2 cm³/mol. The number of hydrogen-bond donors (Lipinski definition) is 1. The van der Waals surface area contributed by atoms with E-state index in [9.17, 15) is 0 Å². The van der Waals surface area contributed by atoms with Crippen molar-refractivity contribution in [3.8, 4) is 11.5 Å². The van der Waals surface area contributed by atoms with Crippen LogP contribution in [-0.4, -0.2) is 26.6 Å². The average Bonchev–Trinajstić information content (AvgIpc) is 2.87. The van der Waals surface area contributed by atoms with Gasteiger partial charge in [-0.2, -0.15) is 0 Å². The van der Waals surface area contributed by atoms with Gasteiger partial charge in [-0.1, -0.05) is 20.8 Å². The second-order valence-electron chi connectivity index (χ2n) is 4.85. The van der Waals surface area contributed by atoms with E-state index in [1.807, 2.05) is 25.5 Å². The third-order valence-electron chi connectivity index (χ3n) is 2.93. The van der Waals surface area contributed by atoms with Crippen LogP contribution >= 0.6 is 0 Å². The van der Waals surface area contributed by atoms with Crippen LogP contribution in [0, 0.1) is 0 Å². The van der Waals surface area contributed by atoms with E-state index in [-0.39, 0.29) is 0 Å². The third-order valence-corrected chi connectivity index (χ3v) is 2.93. The average molecular weight is 259 g/mol. The molecule has 0 fully saturated rings. The number of rotatable bonds is 5. The summed E-state index contributed by atoms with van der Waals surface area (Å²) >= 11 is 0. The van der Waals surface area contributed by atoms with Gasteiger partial charge in [0.2, 0.25) is 0 Å². The van der Waals surface area contributed by atoms with Gasteiger partial charge >= 0.3 is 0 Å². The van der Waals surface area contributed by atoms with Gasteiger partial charge in [-0.25, -0.2) is 15.0 Å². The van der Waals surface area contributed by atoms with Crippen LogP contribution in [0.4, 0.5) is 5.82 Å². The van der Waals surface area contributed by atoms with E-state index in [1.165, 1.54) is 0 Å². The zero-order valence-electron chi connectivity index (χ0n) is 12.0. The Kier molecular flexibility index (Phi) is 4.14. The summed E-state index contributed by atoms with van der Waals surface area (Å²) < 4.78 is 2.13. The van der Waals surface area contributed by atoms with E-state index < -0.39 is 0 Å². The first kappa shape index (κ1) is 13.5. The van der Waals surface area contributed by atoms with Crippen molar-refractivity contribution in [3.63, 3.8) is 0 Å². The lowest BCUT2D eigenvalue weighted by Crippen LogP contribution is -2.06. The Morgan fingerprint density at radius 3 is 2.74 bits per heavy atom. The molecule has 0 aliphatic heterocycles. The number of aromatic nitrogens is 4. The molecule has 0 radical (unpaired) electrons. The number of nitrogens with one attached hydrogen (secondary N) is 1. The maximum Gasteiger partial charge on any atom is 0.158 e. The fourth-order valence-electron chi connectivity index (χ4n) is 1.93. The number of aryl methyl sites for hydroxylation is 1. The van der Waals surface area contributed by atoms with Gasteiger partial charge in [-0.05, 0) is 6.42 Å². The number of hydrogen-bond acceptors (Lipinski definition) is 4. The van der Waals surface area contributed by atoms with Crippen molar-refractivity contribution in [3.05, 3.63) is 24.3 Å². The highest BCUT2D eigenvalue weighted by molar-refractivity contribution is 5.55. The molecule has 2 aromatic rings. The van der Waals surface area contributed by atoms with Gasteiger partial charge in [0, 0.05) is 38.0 Å². The highest BCUT2D eigenvalue weighted by Gasteiger charge is 2.12. The molecule has 0 bridgehead atoms. The van der Waals surface area contributed by atoms with E-state index in [4.69, 9.17) is 0 Å². The number of nitrogens with zero attached hydrogens (tertiary/aromatic N) is 4. The molecular formula is C14H21N5. The van der Waals surface area contributed by atoms with Gasteiger partial charge in [0.25, 0.3) is 0 Å². The summed E-state index contributed by atoms with van der Waals surface area (Å²) in [7, 11) is 1.87. The quantitative estimate of drug-likeness (QED) is 0.897. The first-order chi connectivity index (χ1) is 9.15. The minimum Gasteiger partial charge on any atom is -0.373 e. The van der Waals surface area contributed by atoms with E-state index >= 15 is 0 Å². The van der Waals surface area contributed by atoms with Crippen LogP contribution < -0.4 is 5.32 Å². The summed E-state index contributed by atoms with van der Waals surface area (Å²) in [5, 5.41) is 3.09. The fraction of sp³-hybridized carbons (Fsp3) is 0.500. The minimum absolute atomic E-state index is 0.293. The maximum atomic E-state index is 4.63. The molecule has 0 unspecified atom stereocenters. The van der Waals surface area contributed by atoms with E-state index in [2.05, 4.69) is 45.6 Å². The molecule has 2 aromatic heterocycles. The van der Waals surface area contributed by atoms with Crippen molar-refractivity contribution in [1.82, 2.24) is 19.5 Å². The fourth-order valence-corrected chi connectivity index (χ4v) is 1.93. The summed E-state index contributed by atoms with van der Waals surface area (Å²) in [6.45, 7) is 7.29. The standard InChI is InChI=1S/C14H21N5/c1-5-7-19-8-6-16-14(19)11-9-12(15-4)18-13(17-11)10(2)3/h6,8-10H,5,7H2,1-4H3,(H,15,17,18). The molecular weight excluding hydrogens is 238 g/mol. The van der Waals surface area contributed by atoms with E-state index in [0.29, 0.717) is 5.92 Å². The number of anilines is 1. The van der Waals surface area contributed by atoms with Gasteiger partial charge in [0.15, 0.2) is 5.82 Å². The Bertz CT molecular complexity index is 545. The zero-order chi connectivity index (χ0) is 13.8. The third kappa shape index (κ3) is 2.92. The molecule has 5 nitrogen and oxygen atoms in total. The normalized spacial score (nSPS) is 11.0. The molecule has 0 saturated heterocycles. The van der Waals surface area contributed by atoms with Crippen molar-refractivity contribution >= 4 is 5.82 Å². The molecule has 1 N–H and O–H groups in total. The first-order valence-corrected chi connectivity index (χ1v) is 6.74. The SMILES string of the molecule is CCCn1ccnc1-c1cc(NC)nc(C(C)C)n1. The molecule has 5 heteroatoms. The van der Waals surface area contributed by atoms with Gasteiger partial charge < -0.3 is 9.88 Å². The number of imidazole rings is 1. The van der Waals surface area contributed by atoms with Crippen molar-refractivity contribution in [2.45, 2.75) is 39.7 Å². The maximum absolute atomic E-state index is 4.63. The Balaban J connectivity index is 2.48. The van der Waals surface area contributed by atoms with Crippen LogP contribution in [0.2, 0.25) is 0 Å². The summed E-state index contributed by atoms with van der Waals surface area (Å²) in [5.74, 6) is 2.87. The summed E-state index contributed by atoms with van der Waals surface area (Å²) in [5.41, 5.74) is 0.876. The van der Waals surface area contributed by atoms with Gasteiger partial charge in [-0.15, -0.1) is 0 Å². The molecule has 0 saturated carbocycles. The molecule has 0 aliphatic rings. The summed E-state index contributed by atoms with van der Waals surface area (Å²) in [6.07, 6.45) is 4.89. The molecule has 0 amide bonds. The summed E-state index contributed by atoms with van der Waals surface area (Å²) in [4.78, 5) is 13.5. The van der Waals surface area contributed by atoms with Gasteiger partial charge in [0.1, 0.15) is 17.3 Å². The minimum atomic E-state index is 0.293. The topological polar surface area (TPSA) is 55.6 Å². The molecule has 19 heavy (non-hydrogen) atoms. The van der Waals surface area contributed by atoms with Crippen molar-refractivity contribution in [2.24, 2.45) is 0 Å². The molecule has 2 heterocycles. The Hall–Kier alpha value is -1.91. The molecule has 2 rings (SSSR count). The highest BCUT2D eigenvalue weighted by atomic mass is 15.1. The molecule has 0 aliphatic carbocycles. The Morgan fingerprint density at radius 2 is 2.11 bits per heavy atom. The van der Waals surface area contributed by atoms with Crippen LogP contribution in [0.3, 0.4) is 0 Å². The first-order valence-electron chi connectivity index (χ1n) is 6.74. The molecule has 0 spiro atoms. The van der Waals surface area contributed by atoms with Crippen LogP contribution in [0.1, 0.15) is 38.9 Å². The zero-order valence-corrected chi connectivity index (χ0v) is 12.0. The largest absolute Gasteiger partial charge is 0.373 e. The van der Waals surface area contributed by atoms with Crippen LogP contribution in [-0.2, 0) is 6.54 Å². The Morgan fingerprint density at radius 1 is 1.32 bits per heavy atom. The molecule has 0 atom stereocenters. The lowest BCUT2D eigenvalue weighted by Gasteiger charge is -2.11. The van der Waals surface area contributed by atoms with Crippen molar-refractivity contribution in [1.29, 1.82) is 0 Å². The molecule has 0 aromatic carbocycles. The van der Waals surface area contributed by atoms with E-state index in [0.717, 1.165) is 36.1 Å².